The van der Waals surface area contributed by atoms with Crippen molar-refractivity contribution in [3.63, 3.8) is 0 Å². The van der Waals surface area contributed by atoms with Crippen LogP contribution in [0.15, 0.2) is 47.2 Å². The fourth-order valence-corrected chi connectivity index (χ4v) is 20.9. The average molecular weight is 1360 g/mol. The van der Waals surface area contributed by atoms with Crippen molar-refractivity contribution in [1.29, 1.82) is 0 Å². The lowest BCUT2D eigenvalue weighted by Crippen LogP contribution is -2.36. The molecule has 0 spiro atoms. The van der Waals surface area contributed by atoms with E-state index in [-0.39, 0.29) is 11.2 Å². The van der Waals surface area contributed by atoms with Gasteiger partial charge in [-0.15, -0.1) is 45.3 Å². The summed E-state index contributed by atoms with van der Waals surface area (Å²) in [5.41, 5.74) is 6.58. The maximum Gasteiger partial charge on any atom is 0.140 e. The Kier molecular flexibility index (Phi) is 30.8. The van der Waals surface area contributed by atoms with E-state index in [1.165, 1.54) is 243 Å². The van der Waals surface area contributed by atoms with Crippen LogP contribution in [-0.2, 0) is 11.2 Å². The summed E-state index contributed by atoms with van der Waals surface area (Å²) >= 11 is 9.06. The van der Waals surface area contributed by atoms with Crippen LogP contribution in [0.5, 0.6) is 11.5 Å². The summed E-state index contributed by atoms with van der Waals surface area (Å²) < 4.78 is 25.7. The fraction of sp³-hybridized carbons (Fsp3) is 0.738. The molecule has 0 saturated carbocycles. The Balaban J connectivity index is 1.07. The Morgan fingerprint density at radius 1 is 0.323 bits per heavy atom. The third-order valence-corrected chi connectivity index (χ3v) is 27.3. The second kappa shape index (κ2) is 37.6. The molecule has 6 aromatic rings. The van der Waals surface area contributed by atoms with Crippen LogP contribution in [-0.4, -0.2) is 8.75 Å². The van der Waals surface area contributed by atoms with Gasteiger partial charge in [-0.1, -0.05) is 277 Å². The first-order valence-corrected chi connectivity index (χ1v) is 42.8. The first-order valence-electron chi connectivity index (χ1n) is 38.7. The van der Waals surface area contributed by atoms with Crippen molar-refractivity contribution >= 4 is 68.1 Å². The van der Waals surface area contributed by atoms with E-state index in [4.69, 9.17) is 18.2 Å². The monoisotopic (exact) mass is 1360 g/mol. The largest absolute Gasteiger partial charge is 0.481 e. The van der Waals surface area contributed by atoms with E-state index in [0.29, 0.717) is 23.7 Å². The average Bonchev–Trinajstić information content (AvgIpc) is 1.60. The van der Waals surface area contributed by atoms with E-state index < -0.39 is 0 Å². The summed E-state index contributed by atoms with van der Waals surface area (Å²) in [4.78, 5) is 8.03. The number of hydrogen-bond acceptors (Lipinski definition) is 9. The smallest absolute Gasteiger partial charge is 0.140 e. The quantitative estimate of drug-likeness (QED) is 0.0382. The number of nitrogens with zero attached hydrogens (tertiary/aromatic N) is 2. The van der Waals surface area contributed by atoms with Crippen molar-refractivity contribution in [1.82, 2.24) is 8.75 Å². The molecule has 7 heterocycles. The molecule has 4 nitrogen and oxygen atoms in total. The number of hydrogen-bond donors (Lipinski definition) is 0. The molecule has 0 radical (unpaired) electrons. The van der Waals surface area contributed by atoms with E-state index in [2.05, 4.69) is 158 Å². The number of thiophene rings is 4. The molecular weight excluding hydrogens is 1230 g/mol. The molecule has 0 bridgehead atoms. The first-order chi connectivity index (χ1) is 44.6. The van der Waals surface area contributed by atoms with Gasteiger partial charge >= 0.3 is 0 Å². The van der Waals surface area contributed by atoms with Gasteiger partial charge in [-0.3, -0.25) is 0 Å². The van der Waals surface area contributed by atoms with Gasteiger partial charge in [0.2, 0.25) is 0 Å². The van der Waals surface area contributed by atoms with Crippen LogP contribution in [0.3, 0.4) is 0 Å². The van der Waals surface area contributed by atoms with Crippen LogP contribution in [0.1, 0.15) is 327 Å². The van der Waals surface area contributed by atoms with Gasteiger partial charge in [-0.25, -0.2) is 0 Å². The lowest BCUT2D eigenvalue weighted by Gasteiger charge is -2.39. The zero-order valence-electron chi connectivity index (χ0n) is 61.9. The summed E-state index contributed by atoms with van der Waals surface area (Å²) in [6.45, 7) is 39.1. The van der Waals surface area contributed by atoms with E-state index in [9.17, 15) is 0 Å². The predicted octanol–water partition coefficient (Wildman–Crippen LogP) is 30.0. The summed E-state index contributed by atoms with van der Waals surface area (Å²) in [5.74, 6) is 11.3. The molecule has 93 heavy (non-hydrogen) atoms. The van der Waals surface area contributed by atoms with Gasteiger partial charge in [0.25, 0.3) is 0 Å². The normalized spacial score (nSPS) is 18.9. The van der Waals surface area contributed by atoms with E-state index in [1.807, 2.05) is 45.3 Å². The lowest BCUT2D eigenvalue weighted by atomic mass is 9.78. The molecule has 0 fully saturated rings. The number of rotatable bonds is 46. The van der Waals surface area contributed by atoms with Crippen molar-refractivity contribution in [2.24, 2.45) is 71.0 Å². The first kappa shape index (κ1) is 76.2. The summed E-state index contributed by atoms with van der Waals surface area (Å²) in [7, 11) is 0. The molecule has 5 aromatic heterocycles. The minimum atomic E-state index is -0.369. The molecule has 2 aliphatic rings. The van der Waals surface area contributed by atoms with Crippen LogP contribution in [0.2, 0.25) is 0 Å². The Morgan fingerprint density at radius 3 is 0.849 bits per heavy atom. The van der Waals surface area contributed by atoms with Crippen LogP contribution in [0, 0.1) is 71.0 Å². The molecule has 520 valence electrons. The van der Waals surface area contributed by atoms with E-state index >= 15 is 0 Å². The van der Waals surface area contributed by atoms with Gasteiger partial charge in [-0.2, -0.15) is 8.75 Å². The Hall–Kier alpha value is -2.56. The van der Waals surface area contributed by atoms with Crippen molar-refractivity contribution in [3.8, 4) is 51.9 Å². The van der Waals surface area contributed by atoms with E-state index in [0.717, 1.165) is 95.6 Å². The van der Waals surface area contributed by atoms with Gasteiger partial charge in [0.05, 0.1) is 31.2 Å². The Morgan fingerprint density at radius 2 is 0.581 bits per heavy atom. The SMILES string of the molecule is CC(C)CCCC(C)CCCC(C)CCC1(CCC(C)CCCC(C)CCCC(C)C)Oc2ccsc2-c2sc(-c3ccc(-c4cc5c(s4)-c4sccc4OC5(CCC(C)CCCC(C)CCCC(C)C)CCC(C)CCCC(C)CCCC(C)C)c4nsnc34)cc21. The van der Waals surface area contributed by atoms with Crippen molar-refractivity contribution in [3.05, 3.63) is 58.3 Å². The minimum absolute atomic E-state index is 0.369. The molecule has 9 heteroatoms. The highest BCUT2D eigenvalue weighted by atomic mass is 32.1. The minimum Gasteiger partial charge on any atom is -0.481 e. The highest BCUT2D eigenvalue weighted by Gasteiger charge is 2.45. The Labute approximate surface area is 590 Å². The van der Waals surface area contributed by atoms with Crippen molar-refractivity contribution in [2.45, 2.75) is 327 Å². The second-order valence-electron chi connectivity index (χ2n) is 33.3. The molecule has 2 aliphatic heterocycles. The molecule has 0 amide bonds. The highest BCUT2D eigenvalue weighted by molar-refractivity contribution is 7.24. The Bertz CT molecular complexity index is 2800. The van der Waals surface area contributed by atoms with Crippen molar-refractivity contribution < 1.29 is 9.47 Å². The van der Waals surface area contributed by atoms with Crippen LogP contribution in [0.4, 0.5) is 0 Å². The van der Waals surface area contributed by atoms with Gasteiger partial charge in [0.1, 0.15) is 33.7 Å². The number of benzene rings is 1. The third-order valence-electron chi connectivity index (χ3n) is 22.3. The van der Waals surface area contributed by atoms with Gasteiger partial charge in [0, 0.05) is 32.0 Å². The fourth-order valence-electron chi connectivity index (χ4n) is 15.8. The summed E-state index contributed by atoms with van der Waals surface area (Å²) in [6.07, 6.45) is 41.2. The molecule has 8 atom stereocenters. The predicted molar refractivity (Wildman–Crippen MR) is 416 cm³/mol. The molecule has 0 N–H and O–H groups in total. The third kappa shape index (κ3) is 22.5. The molecule has 0 aliphatic carbocycles. The second-order valence-corrected chi connectivity index (χ2v) is 37.7. The molecule has 8 rings (SSSR count). The molecular formula is C84H132N2O2S5. The maximum absolute atomic E-state index is 7.60. The van der Waals surface area contributed by atoms with Gasteiger partial charge < -0.3 is 9.47 Å². The maximum atomic E-state index is 7.60. The van der Waals surface area contributed by atoms with Crippen LogP contribution in [0.25, 0.3) is 51.4 Å². The van der Waals surface area contributed by atoms with E-state index in [1.54, 1.807) is 0 Å². The zero-order chi connectivity index (χ0) is 66.7. The summed E-state index contributed by atoms with van der Waals surface area (Å²) in [6, 6.07) is 14.5. The van der Waals surface area contributed by atoms with Crippen LogP contribution >= 0.6 is 57.1 Å². The highest BCUT2D eigenvalue weighted by Crippen LogP contribution is 2.59. The van der Waals surface area contributed by atoms with Crippen LogP contribution < -0.4 is 9.47 Å². The molecule has 0 saturated heterocycles. The molecule has 8 unspecified atom stereocenters. The van der Waals surface area contributed by atoms with Crippen molar-refractivity contribution in [2.75, 3.05) is 0 Å². The van der Waals surface area contributed by atoms with Gasteiger partial charge in [0.15, 0.2) is 0 Å². The molecule has 1 aromatic carbocycles. The standard InChI is InChI=1S/C84H132N2O2S5/c1-57(2)25-17-29-61(9)33-21-37-65(13)43-49-83(50-44-66(14)38-22-34-62(10)30-18-26-58(3)4)71-55-75(91-79(71)81-73(87-83)47-53-89-81)69-41-42-70(78-77(69)85-93-86-78)76-56-72-80(92-76)82-74(48-54-90-82)88-84(72,51-45-67(15)39-23-35-63(11)31-19-27-59(5)6)52-46-68(16)40-24-36-64(12)32-20-28-60(7)8/h41-42,47-48,53-68H,17-40,43-46,49-52H2,1-16H3. The lowest BCUT2D eigenvalue weighted by molar-refractivity contribution is 0.0322. The zero-order valence-corrected chi connectivity index (χ0v) is 66.0. The van der Waals surface area contributed by atoms with Gasteiger partial charge in [-0.05, 0) is 157 Å². The summed E-state index contributed by atoms with van der Waals surface area (Å²) in [5, 5.41) is 4.54. The number of fused-ring (bicyclic) bond motifs is 7. The number of aromatic nitrogens is 2. The number of ether oxygens (including phenoxy) is 2. The topological polar surface area (TPSA) is 44.2 Å².